The predicted molar refractivity (Wildman–Crippen MR) is 53.4 cm³/mol. The van der Waals surface area contributed by atoms with E-state index in [1.807, 2.05) is 6.92 Å². The van der Waals surface area contributed by atoms with E-state index in [4.69, 9.17) is 4.74 Å². The minimum absolute atomic E-state index is 0.169. The topological polar surface area (TPSA) is 75.7 Å². The summed E-state index contributed by atoms with van der Waals surface area (Å²) < 4.78 is 5.22. The van der Waals surface area contributed by atoms with Crippen molar-refractivity contribution in [3.63, 3.8) is 0 Å². The number of imide groups is 2. The predicted octanol–water partition coefficient (Wildman–Crippen LogP) is -0.120. The van der Waals surface area contributed by atoms with E-state index in [1.165, 1.54) is 0 Å². The smallest absolute Gasteiger partial charge is 0.331 e. The quantitative estimate of drug-likeness (QED) is 0.666. The molecule has 0 aliphatic carbocycles. The third-order valence-electron chi connectivity index (χ3n) is 3.10. The monoisotopic (exact) mass is 226 g/mol. The molecule has 2 heterocycles. The van der Waals surface area contributed by atoms with Crippen molar-refractivity contribution in [2.75, 3.05) is 13.2 Å². The Hall–Kier alpha value is -1.43. The number of carbonyl (C=O) groups is 3. The highest BCUT2D eigenvalue weighted by Gasteiger charge is 2.38. The minimum atomic E-state index is -0.611. The molecule has 0 aromatic heterocycles. The van der Waals surface area contributed by atoms with Gasteiger partial charge in [-0.05, 0) is 13.3 Å². The number of carbonyl (C=O) groups excluding carboxylic acids is 3. The summed E-state index contributed by atoms with van der Waals surface area (Å²) >= 11 is 0. The molecule has 2 aliphatic rings. The molecule has 0 saturated carbocycles. The van der Waals surface area contributed by atoms with Gasteiger partial charge >= 0.3 is 6.03 Å². The van der Waals surface area contributed by atoms with Gasteiger partial charge in [0, 0.05) is 18.6 Å². The van der Waals surface area contributed by atoms with Gasteiger partial charge in [0.1, 0.15) is 6.42 Å². The van der Waals surface area contributed by atoms with Gasteiger partial charge in [-0.15, -0.1) is 0 Å². The fourth-order valence-corrected chi connectivity index (χ4v) is 2.12. The molecule has 16 heavy (non-hydrogen) atoms. The van der Waals surface area contributed by atoms with Crippen LogP contribution < -0.4 is 5.32 Å². The molecular formula is C10H14N2O4. The number of nitrogens with one attached hydrogen (secondary N) is 1. The highest BCUT2D eigenvalue weighted by Crippen LogP contribution is 2.22. The maximum atomic E-state index is 11.6. The van der Waals surface area contributed by atoms with E-state index in [0.717, 1.165) is 11.3 Å². The molecule has 6 heteroatoms. The van der Waals surface area contributed by atoms with Crippen LogP contribution in [0.5, 0.6) is 0 Å². The number of urea groups is 1. The summed E-state index contributed by atoms with van der Waals surface area (Å²) in [6, 6.07) is -0.830. The Morgan fingerprint density at radius 3 is 2.75 bits per heavy atom. The van der Waals surface area contributed by atoms with Crippen LogP contribution in [0.4, 0.5) is 4.79 Å². The summed E-state index contributed by atoms with van der Waals surface area (Å²) in [6.07, 6.45) is 0.593. The van der Waals surface area contributed by atoms with E-state index in [2.05, 4.69) is 5.32 Å². The summed E-state index contributed by atoms with van der Waals surface area (Å²) in [7, 11) is 0. The lowest BCUT2D eigenvalue weighted by Gasteiger charge is -2.32. The summed E-state index contributed by atoms with van der Waals surface area (Å²) in [4.78, 5) is 35.3. The van der Waals surface area contributed by atoms with Crippen LogP contribution in [0.2, 0.25) is 0 Å². The van der Waals surface area contributed by atoms with Crippen molar-refractivity contribution >= 4 is 17.8 Å². The first-order chi connectivity index (χ1) is 7.59. The second kappa shape index (κ2) is 4.21. The third-order valence-corrected chi connectivity index (χ3v) is 3.10. The van der Waals surface area contributed by atoms with Crippen LogP contribution in [0.15, 0.2) is 0 Å². The van der Waals surface area contributed by atoms with E-state index in [0.29, 0.717) is 13.2 Å². The number of nitrogens with zero attached hydrogens (tertiary/aromatic N) is 1. The molecular weight excluding hydrogens is 212 g/mol. The molecule has 2 aliphatic heterocycles. The Balaban J connectivity index is 2.09. The van der Waals surface area contributed by atoms with Gasteiger partial charge in [-0.25, -0.2) is 4.79 Å². The lowest BCUT2D eigenvalue weighted by molar-refractivity contribution is -0.138. The zero-order valence-corrected chi connectivity index (χ0v) is 9.06. The molecule has 0 spiro atoms. The maximum absolute atomic E-state index is 11.6. The molecule has 2 unspecified atom stereocenters. The third kappa shape index (κ3) is 1.92. The zero-order chi connectivity index (χ0) is 11.7. The van der Waals surface area contributed by atoms with E-state index in [9.17, 15) is 14.4 Å². The van der Waals surface area contributed by atoms with E-state index in [-0.39, 0.29) is 18.4 Å². The van der Waals surface area contributed by atoms with Crippen molar-refractivity contribution in [3.8, 4) is 0 Å². The van der Waals surface area contributed by atoms with Crippen molar-refractivity contribution in [2.24, 2.45) is 5.92 Å². The van der Waals surface area contributed by atoms with Gasteiger partial charge in [-0.3, -0.25) is 19.8 Å². The lowest BCUT2D eigenvalue weighted by Crippen LogP contribution is -2.57. The van der Waals surface area contributed by atoms with Gasteiger partial charge in [0.2, 0.25) is 11.8 Å². The summed E-state index contributed by atoms with van der Waals surface area (Å²) in [5.41, 5.74) is 0. The summed E-state index contributed by atoms with van der Waals surface area (Å²) in [5, 5.41) is 2.15. The van der Waals surface area contributed by atoms with Crippen LogP contribution in [0, 0.1) is 5.92 Å². The fraction of sp³-hybridized carbons (Fsp3) is 0.700. The molecule has 0 radical (unpaired) electrons. The van der Waals surface area contributed by atoms with Crippen LogP contribution in [0.25, 0.3) is 0 Å². The molecule has 4 amide bonds. The van der Waals surface area contributed by atoms with Crippen LogP contribution >= 0.6 is 0 Å². The average molecular weight is 226 g/mol. The Labute approximate surface area is 92.9 Å². The van der Waals surface area contributed by atoms with Crippen molar-refractivity contribution in [1.29, 1.82) is 0 Å². The highest BCUT2D eigenvalue weighted by atomic mass is 16.5. The molecule has 2 rings (SSSR count). The van der Waals surface area contributed by atoms with Gasteiger partial charge in [0.15, 0.2) is 0 Å². The normalized spacial score (nSPS) is 28.2. The molecule has 6 nitrogen and oxygen atoms in total. The molecule has 88 valence electrons. The average Bonchev–Trinajstić information content (AvgIpc) is 2.67. The first-order valence-electron chi connectivity index (χ1n) is 5.33. The Bertz CT molecular complexity index is 316. The SMILES string of the molecule is CC(C1CCOC1)N1C(=O)CC(=O)NC1=O. The number of amides is 4. The van der Waals surface area contributed by atoms with Crippen LogP contribution in [-0.2, 0) is 14.3 Å². The number of barbiturate groups is 1. The summed E-state index contributed by atoms with van der Waals surface area (Å²) in [5.74, 6) is -0.780. The number of hydrogen-bond donors (Lipinski definition) is 1. The zero-order valence-electron chi connectivity index (χ0n) is 9.06. The lowest BCUT2D eigenvalue weighted by atomic mass is 9.98. The van der Waals surface area contributed by atoms with Gasteiger partial charge in [-0.2, -0.15) is 0 Å². The Morgan fingerprint density at radius 2 is 2.19 bits per heavy atom. The van der Waals surface area contributed by atoms with Crippen LogP contribution in [-0.4, -0.2) is 42.0 Å². The van der Waals surface area contributed by atoms with E-state index < -0.39 is 17.8 Å². The van der Waals surface area contributed by atoms with Crippen molar-refractivity contribution < 1.29 is 19.1 Å². The Morgan fingerprint density at radius 1 is 1.44 bits per heavy atom. The highest BCUT2D eigenvalue weighted by molar-refractivity contribution is 6.14. The Kier molecular flexibility index (Phi) is 2.91. The van der Waals surface area contributed by atoms with Crippen LogP contribution in [0.1, 0.15) is 19.8 Å². The number of ether oxygens (including phenoxy) is 1. The first kappa shape index (κ1) is 11.1. The van der Waals surface area contributed by atoms with Gasteiger partial charge in [-0.1, -0.05) is 0 Å². The standard InChI is InChI=1S/C10H14N2O4/c1-6(7-2-3-16-5-7)12-9(14)4-8(13)11-10(12)15/h6-7H,2-5H2,1H3,(H,11,13,15). The van der Waals surface area contributed by atoms with Crippen molar-refractivity contribution in [2.45, 2.75) is 25.8 Å². The molecule has 0 aromatic rings. The summed E-state index contributed by atoms with van der Waals surface area (Å²) in [6.45, 7) is 3.04. The number of hydrogen-bond acceptors (Lipinski definition) is 4. The molecule has 2 atom stereocenters. The van der Waals surface area contributed by atoms with Crippen LogP contribution in [0.3, 0.4) is 0 Å². The minimum Gasteiger partial charge on any atom is -0.381 e. The second-order valence-corrected chi connectivity index (χ2v) is 4.16. The fourth-order valence-electron chi connectivity index (χ4n) is 2.12. The van der Waals surface area contributed by atoms with E-state index in [1.54, 1.807) is 0 Å². The molecule has 2 saturated heterocycles. The first-order valence-corrected chi connectivity index (χ1v) is 5.33. The van der Waals surface area contributed by atoms with E-state index >= 15 is 0 Å². The molecule has 2 fully saturated rings. The van der Waals surface area contributed by atoms with Crippen molar-refractivity contribution in [1.82, 2.24) is 10.2 Å². The van der Waals surface area contributed by atoms with Gasteiger partial charge < -0.3 is 4.74 Å². The number of rotatable bonds is 2. The second-order valence-electron chi connectivity index (χ2n) is 4.16. The molecule has 0 aromatic carbocycles. The molecule has 1 N–H and O–H groups in total. The van der Waals surface area contributed by atoms with Crippen molar-refractivity contribution in [3.05, 3.63) is 0 Å². The largest absolute Gasteiger partial charge is 0.381 e. The van der Waals surface area contributed by atoms with Gasteiger partial charge in [0.05, 0.1) is 6.61 Å². The van der Waals surface area contributed by atoms with Gasteiger partial charge in [0.25, 0.3) is 0 Å². The maximum Gasteiger partial charge on any atom is 0.331 e. The molecule has 0 bridgehead atoms.